The molecule has 0 amide bonds. The molecular formula is C22H19ClN3O+. The number of phenols is 1. The van der Waals surface area contributed by atoms with Gasteiger partial charge in [0.05, 0.1) is 6.20 Å². The van der Waals surface area contributed by atoms with E-state index in [-0.39, 0.29) is 11.8 Å². The number of hydrogen-bond donors (Lipinski definition) is 2. The molecule has 2 aromatic carbocycles. The van der Waals surface area contributed by atoms with E-state index in [0.717, 1.165) is 28.0 Å². The van der Waals surface area contributed by atoms with Crippen LogP contribution in [0.15, 0.2) is 72.9 Å². The first-order valence-corrected chi connectivity index (χ1v) is 9.07. The number of aromatic hydroxyl groups is 1. The Bertz CT molecular complexity index is 1080. The Balaban J connectivity index is 1.86. The van der Waals surface area contributed by atoms with Crippen molar-refractivity contribution in [2.45, 2.75) is 13.0 Å². The number of fused-ring (bicyclic) bond motifs is 1. The predicted octanol–water partition coefficient (Wildman–Crippen LogP) is 4.92. The van der Waals surface area contributed by atoms with Crippen molar-refractivity contribution in [2.24, 2.45) is 0 Å². The van der Waals surface area contributed by atoms with Crippen molar-refractivity contribution in [3.63, 3.8) is 0 Å². The van der Waals surface area contributed by atoms with Gasteiger partial charge in [-0.15, -0.1) is 0 Å². The Morgan fingerprint density at radius 3 is 2.52 bits per heavy atom. The van der Waals surface area contributed by atoms with Crippen molar-refractivity contribution in [1.29, 1.82) is 0 Å². The van der Waals surface area contributed by atoms with Crippen LogP contribution in [0.2, 0.25) is 5.02 Å². The van der Waals surface area contributed by atoms with Gasteiger partial charge in [-0.3, -0.25) is 5.32 Å². The highest BCUT2D eigenvalue weighted by atomic mass is 35.5. The molecule has 4 aromatic rings. The molecule has 0 aliphatic rings. The molecule has 2 aromatic heterocycles. The van der Waals surface area contributed by atoms with Crippen molar-refractivity contribution >= 4 is 28.3 Å². The monoisotopic (exact) mass is 376 g/mol. The number of halogens is 1. The van der Waals surface area contributed by atoms with Crippen LogP contribution in [0.5, 0.6) is 5.75 Å². The molecular weight excluding hydrogens is 358 g/mol. The number of aromatic nitrogens is 2. The fraction of sp³-hybridized carbons (Fsp3) is 0.0909. The van der Waals surface area contributed by atoms with Gasteiger partial charge >= 0.3 is 0 Å². The molecule has 0 unspecified atom stereocenters. The number of rotatable bonds is 4. The topological polar surface area (TPSA) is 59.3 Å². The smallest absolute Gasteiger partial charge is 0.272 e. The van der Waals surface area contributed by atoms with Crippen LogP contribution in [0.4, 0.5) is 5.82 Å². The number of phenolic OH excluding ortho intramolecular Hbond substituents is 1. The summed E-state index contributed by atoms with van der Waals surface area (Å²) in [6.45, 7) is 1.92. The summed E-state index contributed by atoms with van der Waals surface area (Å²) in [6.07, 6.45) is 1.85. The van der Waals surface area contributed by atoms with Gasteiger partial charge < -0.3 is 5.11 Å². The quantitative estimate of drug-likeness (QED) is 0.531. The third-order valence-electron chi connectivity index (χ3n) is 4.53. The molecule has 3 N–H and O–H groups in total. The lowest BCUT2D eigenvalue weighted by atomic mass is 9.96. The number of H-pyrrole nitrogens is 1. The summed E-state index contributed by atoms with van der Waals surface area (Å²) in [6, 6.07) is 21.0. The van der Waals surface area contributed by atoms with E-state index in [0.29, 0.717) is 10.5 Å². The predicted molar refractivity (Wildman–Crippen MR) is 108 cm³/mol. The van der Waals surface area contributed by atoms with E-state index < -0.39 is 0 Å². The fourth-order valence-corrected chi connectivity index (χ4v) is 3.28. The first kappa shape index (κ1) is 17.3. The van der Waals surface area contributed by atoms with Crippen LogP contribution < -0.4 is 10.3 Å². The van der Waals surface area contributed by atoms with Crippen molar-refractivity contribution in [2.75, 3.05) is 5.32 Å². The Kier molecular flexibility index (Phi) is 4.65. The minimum atomic E-state index is -0.271. The molecule has 1 atom stereocenters. The lowest BCUT2D eigenvalue weighted by Crippen LogP contribution is -2.18. The van der Waals surface area contributed by atoms with Crippen LogP contribution in [0.25, 0.3) is 10.9 Å². The van der Waals surface area contributed by atoms with Crippen LogP contribution >= 0.6 is 11.6 Å². The number of hydrogen-bond acceptors (Lipinski definition) is 3. The van der Waals surface area contributed by atoms with Crippen molar-refractivity contribution in [3.05, 3.63) is 94.8 Å². The van der Waals surface area contributed by atoms with Gasteiger partial charge in [-0.05, 0) is 37.3 Å². The number of nitrogens with one attached hydrogen (secondary N) is 2. The molecule has 0 saturated heterocycles. The standard InChI is InChI=1S/C22H18ClN3O/c1-14-5-6-16-9-12-18(22(27)21(16)25-14)20(15-7-10-17(23)11-8-15)26-19-4-2-3-13-24-19/h2-13,20,27H,1H3,(H,24,26)/p+1/t20-/m0/s1. The fourth-order valence-electron chi connectivity index (χ4n) is 3.15. The number of aryl methyl sites for hydroxylation is 1. The Hall–Kier alpha value is -3.11. The highest BCUT2D eigenvalue weighted by Gasteiger charge is 2.24. The van der Waals surface area contributed by atoms with E-state index in [9.17, 15) is 5.11 Å². The summed E-state index contributed by atoms with van der Waals surface area (Å²) in [7, 11) is 0. The second-order valence-electron chi connectivity index (χ2n) is 6.43. The summed E-state index contributed by atoms with van der Waals surface area (Å²) in [5.41, 5.74) is 3.20. The summed E-state index contributed by atoms with van der Waals surface area (Å²) in [4.78, 5) is 7.71. The first-order chi connectivity index (χ1) is 13.1. The molecule has 0 aliphatic heterocycles. The lowest BCUT2D eigenvalue weighted by molar-refractivity contribution is -0.361. The zero-order chi connectivity index (χ0) is 18.8. The third kappa shape index (κ3) is 3.57. The molecule has 5 heteroatoms. The number of anilines is 1. The molecule has 0 saturated carbocycles. The summed E-state index contributed by atoms with van der Waals surface area (Å²) in [5, 5.41) is 16.0. The van der Waals surface area contributed by atoms with Crippen LogP contribution in [0.3, 0.4) is 0 Å². The summed E-state index contributed by atoms with van der Waals surface area (Å²) in [5.74, 6) is 1.02. The second-order valence-corrected chi connectivity index (χ2v) is 6.87. The van der Waals surface area contributed by atoms with Gasteiger partial charge in [-0.1, -0.05) is 41.9 Å². The van der Waals surface area contributed by atoms with Gasteiger partial charge in [0, 0.05) is 33.3 Å². The van der Waals surface area contributed by atoms with Crippen LogP contribution in [-0.4, -0.2) is 10.1 Å². The molecule has 0 spiro atoms. The molecule has 0 radical (unpaired) electrons. The summed E-state index contributed by atoms with van der Waals surface area (Å²) < 4.78 is 0. The van der Waals surface area contributed by atoms with E-state index in [2.05, 4.69) is 15.3 Å². The average Bonchev–Trinajstić information content (AvgIpc) is 2.69. The molecule has 27 heavy (non-hydrogen) atoms. The number of nitrogens with zero attached hydrogens (tertiary/aromatic N) is 1. The van der Waals surface area contributed by atoms with Gasteiger partial charge in [0.2, 0.25) is 0 Å². The Morgan fingerprint density at radius 2 is 1.78 bits per heavy atom. The van der Waals surface area contributed by atoms with Gasteiger partial charge in [-0.2, -0.15) is 0 Å². The van der Waals surface area contributed by atoms with Crippen LogP contribution in [0, 0.1) is 6.92 Å². The third-order valence-corrected chi connectivity index (χ3v) is 4.78. The number of benzene rings is 2. The molecule has 4 rings (SSSR count). The Morgan fingerprint density at radius 1 is 1.00 bits per heavy atom. The number of aromatic amines is 1. The lowest BCUT2D eigenvalue weighted by Gasteiger charge is -2.18. The van der Waals surface area contributed by atoms with E-state index in [1.807, 2.05) is 79.9 Å². The van der Waals surface area contributed by atoms with Gasteiger partial charge in [0.1, 0.15) is 17.3 Å². The number of pyridine rings is 2. The first-order valence-electron chi connectivity index (χ1n) is 8.70. The van der Waals surface area contributed by atoms with Crippen LogP contribution in [-0.2, 0) is 0 Å². The van der Waals surface area contributed by atoms with Crippen molar-refractivity contribution in [1.82, 2.24) is 4.98 Å². The van der Waals surface area contributed by atoms with Crippen LogP contribution in [0.1, 0.15) is 22.9 Å². The molecule has 134 valence electrons. The maximum atomic E-state index is 11.0. The maximum Gasteiger partial charge on any atom is 0.272 e. The largest absolute Gasteiger partial charge is 0.505 e. The molecule has 0 fully saturated rings. The van der Waals surface area contributed by atoms with Crippen molar-refractivity contribution < 1.29 is 10.1 Å². The van der Waals surface area contributed by atoms with E-state index in [1.165, 1.54) is 0 Å². The van der Waals surface area contributed by atoms with Gasteiger partial charge in [-0.25, -0.2) is 9.97 Å². The molecule has 2 heterocycles. The minimum Gasteiger partial charge on any atom is -0.505 e. The van der Waals surface area contributed by atoms with Crippen molar-refractivity contribution in [3.8, 4) is 5.75 Å². The zero-order valence-electron chi connectivity index (χ0n) is 14.8. The van der Waals surface area contributed by atoms with Gasteiger partial charge in [0.25, 0.3) is 5.82 Å². The average molecular weight is 377 g/mol. The normalized spacial score (nSPS) is 12.1. The maximum absolute atomic E-state index is 11.0. The molecule has 4 nitrogen and oxygen atoms in total. The molecule has 0 bridgehead atoms. The SMILES string of the molecule is Cc1ccc2ccc([C@@H](Nc3cccc[nH+]3)c3ccc(Cl)cc3)c(O)c2n1. The van der Waals surface area contributed by atoms with E-state index in [4.69, 9.17) is 11.6 Å². The van der Waals surface area contributed by atoms with Gasteiger partial charge in [0.15, 0.2) is 0 Å². The summed E-state index contributed by atoms with van der Waals surface area (Å²) >= 11 is 6.06. The van der Waals surface area contributed by atoms with E-state index in [1.54, 1.807) is 0 Å². The second kappa shape index (κ2) is 7.25. The zero-order valence-corrected chi connectivity index (χ0v) is 15.5. The molecule has 0 aliphatic carbocycles. The minimum absolute atomic E-state index is 0.180. The highest BCUT2D eigenvalue weighted by molar-refractivity contribution is 6.30. The van der Waals surface area contributed by atoms with E-state index >= 15 is 0 Å². The Labute approximate surface area is 162 Å². The highest BCUT2D eigenvalue weighted by Crippen LogP contribution is 2.36.